The number of nitrogens with zero attached hydrogens (tertiary/aromatic N) is 3. The molecule has 1 aromatic heterocycles. The maximum atomic E-state index is 12.6. The second-order valence-corrected chi connectivity index (χ2v) is 5.45. The number of benzene rings is 1. The first-order valence-electron chi connectivity index (χ1n) is 6.11. The Morgan fingerprint density at radius 1 is 1.47 bits per heavy atom. The molecule has 2 aromatic rings. The van der Waals surface area contributed by atoms with E-state index in [2.05, 4.69) is 9.59 Å². The Labute approximate surface area is 115 Å². The number of para-hydroxylation sites is 1. The molecule has 98 valence electrons. The number of carbonyl (C=O) groups is 1. The van der Waals surface area contributed by atoms with Crippen LogP contribution in [0.4, 0.5) is 5.69 Å². The number of amides is 1. The van der Waals surface area contributed by atoms with Crippen LogP contribution < -0.4 is 10.6 Å². The molecule has 1 aliphatic heterocycles. The van der Waals surface area contributed by atoms with E-state index in [1.54, 1.807) is 11.8 Å². The Kier molecular flexibility index (Phi) is 3.04. The molecule has 3 rings (SSSR count). The lowest BCUT2D eigenvalue weighted by molar-refractivity contribution is 0.0986. The van der Waals surface area contributed by atoms with Gasteiger partial charge in [-0.05, 0) is 36.5 Å². The molecule has 1 amide bonds. The number of aromatic nitrogens is 2. The van der Waals surface area contributed by atoms with Gasteiger partial charge in [0, 0.05) is 18.3 Å². The standard InChI is InChI=1S/C13H14N4OS/c1-8-12(19-16-15-8)13(18)17-7-10(14)6-9-4-2-3-5-11(9)17/h2-5,10H,6-7,14H2,1H3. The largest absolute Gasteiger partial charge is 0.326 e. The Hall–Kier alpha value is -1.79. The number of aryl methyl sites for hydroxylation is 1. The highest BCUT2D eigenvalue weighted by molar-refractivity contribution is 7.08. The summed E-state index contributed by atoms with van der Waals surface area (Å²) in [5, 5.41) is 3.90. The summed E-state index contributed by atoms with van der Waals surface area (Å²) in [4.78, 5) is 14.9. The number of anilines is 1. The minimum atomic E-state index is -0.0601. The first-order chi connectivity index (χ1) is 9.16. The van der Waals surface area contributed by atoms with Gasteiger partial charge in [-0.15, -0.1) is 5.10 Å². The normalized spacial score (nSPS) is 18.2. The number of rotatable bonds is 1. The molecule has 0 spiro atoms. The monoisotopic (exact) mass is 274 g/mol. The molecule has 2 N–H and O–H groups in total. The van der Waals surface area contributed by atoms with E-state index in [0.717, 1.165) is 29.2 Å². The number of carbonyl (C=O) groups excluding carboxylic acids is 1. The lowest BCUT2D eigenvalue weighted by Gasteiger charge is -2.32. The molecule has 1 aromatic carbocycles. The van der Waals surface area contributed by atoms with Crippen LogP contribution in [0.2, 0.25) is 0 Å². The molecule has 0 radical (unpaired) electrons. The van der Waals surface area contributed by atoms with Gasteiger partial charge in [0.15, 0.2) is 0 Å². The molecule has 1 aliphatic rings. The fraction of sp³-hybridized carbons (Fsp3) is 0.308. The van der Waals surface area contributed by atoms with Gasteiger partial charge in [-0.2, -0.15) is 0 Å². The van der Waals surface area contributed by atoms with E-state index < -0.39 is 0 Å². The fourth-order valence-electron chi connectivity index (χ4n) is 2.37. The number of fused-ring (bicyclic) bond motifs is 1. The molecule has 0 aliphatic carbocycles. The summed E-state index contributed by atoms with van der Waals surface area (Å²) >= 11 is 1.13. The molecular weight excluding hydrogens is 260 g/mol. The van der Waals surface area contributed by atoms with Gasteiger partial charge in [0.1, 0.15) is 4.88 Å². The van der Waals surface area contributed by atoms with Gasteiger partial charge in [0.05, 0.1) is 5.69 Å². The molecule has 1 atom stereocenters. The highest BCUT2D eigenvalue weighted by atomic mass is 32.1. The van der Waals surface area contributed by atoms with Crippen molar-refractivity contribution in [1.82, 2.24) is 9.59 Å². The van der Waals surface area contributed by atoms with Gasteiger partial charge >= 0.3 is 0 Å². The summed E-state index contributed by atoms with van der Waals surface area (Å²) < 4.78 is 3.83. The molecule has 0 saturated heterocycles. The van der Waals surface area contributed by atoms with E-state index in [-0.39, 0.29) is 11.9 Å². The second-order valence-electron chi connectivity index (χ2n) is 4.70. The Morgan fingerprint density at radius 2 is 2.26 bits per heavy atom. The van der Waals surface area contributed by atoms with Crippen molar-refractivity contribution in [3.05, 3.63) is 40.4 Å². The van der Waals surface area contributed by atoms with Gasteiger partial charge in [-0.3, -0.25) is 4.79 Å². The minimum absolute atomic E-state index is 0.0277. The molecule has 6 heteroatoms. The van der Waals surface area contributed by atoms with Gasteiger partial charge in [0.25, 0.3) is 5.91 Å². The summed E-state index contributed by atoms with van der Waals surface area (Å²) in [6.45, 7) is 2.33. The number of nitrogens with two attached hydrogens (primary N) is 1. The topological polar surface area (TPSA) is 72.1 Å². The molecule has 0 fully saturated rings. The Bertz CT molecular complexity index is 625. The van der Waals surface area contributed by atoms with Crippen LogP contribution in [0.25, 0.3) is 0 Å². The Balaban J connectivity index is 2.02. The van der Waals surface area contributed by atoms with Crippen LogP contribution in [0.5, 0.6) is 0 Å². The van der Waals surface area contributed by atoms with Crippen LogP contribution in [0.1, 0.15) is 20.9 Å². The van der Waals surface area contributed by atoms with E-state index in [1.165, 1.54) is 0 Å². The van der Waals surface area contributed by atoms with Gasteiger partial charge in [-0.25, -0.2) is 0 Å². The summed E-state index contributed by atoms with van der Waals surface area (Å²) in [6, 6.07) is 7.86. The van der Waals surface area contributed by atoms with Crippen molar-refractivity contribution in [1.29, 1.82) is 0 Å². The quantitative estimate of drug-likeness (QED) is 0.852. The average molecular weight is 274 g/mol. The summed E-state index contributed by atoms with van der Waals surface area (Å²) in [5.74, 6) is -0.0601. The minimum Gasteiger partial charge on any atom is -0.326 e. The van der Waals surface area contributed by atoms with Gasteiger partial charge in [-0.1, -0.05) is 22.7 Å². The van der Waals surface area contributed by atoms with Gasteiger partial charge in [0.2, 0.25) is 0 Å². The third-order valence-corrected chi connectivity index (χ3v) is 4.09. The molecule has 0 saturated carbocycles. The number of hydrogen-bond acceptors (Lipinski definition) is 5. The van der Waals surface area contributed by atoms with Crippen molar-refractivity contribution in [2.75, 3.05) is 11.4 Å². The van der Waals surface area contributed by atoms with E-state index in [4.69, 9.17) is 5.73 Å². The van der Waals surface area contributed by atoms with Crippen LogP contribution in [0.15, 0.2) is 24.3 Å². The predicted molar refractivity (Wildman–Crippen MR) is 74.4 cm³/mol. The average Bonchev–Trinajstić information content (AvgIpc) is 2.83. The zero-order chi connectivity index (χ0) is 13.4. The lowest BCUT2D eigenvalue weighted by atomic mass is 9.98. The van der Waals surface area contributed by atoms with E-state index in [1.807, 2.05) is 24.3 Å². The first kappa shape index (κ1) is 12.3. The molecule has 5 nitrogen and oxygen atoms in total. The fourth-order valence-corrected chi connectivity index (χ4v) is 2.98. The van der Waals surface area contributed by atoms with Crippen LogP contribution in [-0.4, -0.2) is 28.1 Å². The van der Waals surface area contributed by atoms with Crippen molar-refractivity contribution >= 4 is 23.1 Å². The lowest BCUT2D eigenvalue weighted by Crippen LogP contribution is -2.46. The molecule has 1 unspecified atom stereocenters. The van der Waals surface area contributed by atoms with E-state index in [9.17, 15) is 4.79 Å². The smallest absolute Gasteiger partial charge is 0.271 e. The first-order valence-corrected chi connectivity index (χ1v) is 6.88. The van der Waals surface area contributed by atoms with Crippen LogP contribution >= 0.6 is 11.5 Å². The van der Waals surface area contributed by atoms with Crippen molar-refractivity contribution in [2.45, 2.75) is 19.4 Å². The summed E-state index contributed by atoms with van der Waals surface area (Å²) in [7, 11) is 0. The van der Waals surface area contributed by atoms with E-state index >= 15 is 0 Å². The van der Waals surface area contributed by atoms with Crippen molar-refractivity contribution < 1.29 is 4.79 Å². The molecule has 0 bridgehead atoms. The molecule has 19 heavy (non-hydrogen) atoms. The van der Waals surface area contributed by atoms with Crippen molar-refractivity contribution in [3.63, 3.8) is 0 Å². The number of hydrogen-bond donors (Lipinski definition) is 1. The molecular formula is C13H14N4OS. The van der Waals surface area contributed by atoms with Crippen molar-refractivity contribution in [3.8, 4) is 0 Å². The predicted octanol–water partition coefficient (Wildman–Crippen LogP) is 1.38. The maximum absolute atomic E-state index is 12.6. The molecule has 2 heterocycles. The zero-order valence-corrected chi connectivity index (χ0v) is 11.4. The second kappa shape index (κ2) is 4.71. The summed E-state index contributed by atoms with van der Waals surface area (Å²) in [5.41, 5.74) is 8.78. The highest BCUT2D eigenvalue weighted by Crippen LogP contribution is 2.28. The van der Waals surface area contributed by atoms with Crippen LogP contribution in [-0.2, 0) is 6.42 Å². The summed E-state index contributed by atoms with van der Waals surface area (Å²) in [6.07, 6.45) is 0.805. The van der Waals surface area contributed by atoms with Gasteiger partial charge < -0.3 is 10.6 Å². The highest BCUT2D eigenvalue weighted by Gasteiger charge is 2.29. The third-order valence-electron chi connectivity index (χ3n) is 3.27. The van der Waals surface area contributed by atoms with Crippen LogP contribution in [0.3, 0.4) is 0 Å². The van der Waals surface area contributed by atoms with Crippen molar-refractivity contribution in [2.24, 2.45) is 5.73 Å². The van der Waals surface area contributed by atoms with Crippen LogP contribution in [0, 0.1) is 6.92 Å². The van der Waals surface area contributed by atoms with E-state index in [0.29, 0.717) is 17.1 Å². The SMILES string of the molecule is Cc1nnsc1C(=O)N1CC(N)Cc2ccccc21. The zero-order valence-electron chi connectivity index (χ0n) is 10.5. The Morgan fingerprint density at radius 3 is 3.00 bits per heavy atom. The maximum Gasteiger partial charge on any atom is 0.271 e. The third kappa shape index (κ3) is 2.13.